The number of nitrogens with one attached hydrogen (secondary N) is 1. The monoisotopic (exact) mass is 354 g/mol. The van der Waals surface area contributed by atoms with E-state index in [1.165, 1.54) is 12.0 Å². The number of ether oxygens (including phenoxy) is 2. The molecule has 1 aliphatic rings. The van der Waals surface area contributed by atoms with E-state index in [-0.39, 0.29) is 6.03 Å². The average Bonchev–Trinajstić information content (AvgIpc) is 2.66. The van der Waals surface area contributed by atoms with Crippen molar-refractivity contribution in [3.8, 4) is 5.75 Å². The number of urea groups is 1. The molecule has 0 bridgehead atoms. The Morgan fingerprint density at radius 2 is 1.85 bits per heavy atom. The van der Waals surface area contributed by atoms with Crippen molar-refractivity contribution in [3.63, 3.8) is 0 Å². The molecule has 2 aromatic rings. The summed E-state index contributed by atoms with van der Waals surface area (Å²) in [6, 6.07) is 10.8. The Hall–Kier alpha value is -3.02. The van der Waals surface area contributed by atoms with Crippen LogP contribution in [0.3, 0.4) is 0 Å². The van der Waals surface area contributed by atoms with Crippen molar-refractivity contribution in [1.82, 2.24) is 10.2 Å². The molecule has 0 unspecified atom stereocenters. The fraction of sp³-hybridized carbons (Fsp3) is 0.300. The first-order valence-electron chi connectivity index (χ1n) is 8.45. The zero-order valence-electron chi connectivity index (χ0n) is 15.3. The van der Waals surface area contributed by atoms with E-state index in [9.17, 15) is 9.59 Å². The number of benzene rings is 2. The predicted octanol–water partition coefficient (Wildman–Crippen LogP) is 3.38. The number of hydrogen-bond acceptors (Lipinski definition) is 4. The maximum atomic E-state index is 12.4. The van der Waals surface area contributed by atoms with E-state index in [1.807, 2.05) is 43.3 Å². The Morgan fingerprint density at radius 1 is 1.15 bits per heavy atom. The summed E-state index contributed by atoms with van der Waals surface area (Å²) in [4.78, 5) is 26.4. The van der Waals surface area contributed by atoms with Gasteiger partial charge in [-0.25, -0.2) is 9.59 Å². The number of methoxy groups -OCH3 is 2. The second-order valence-corrected chi connectivity index (χ2v) is 6.09. The van der Waals surface area contributed by atoms with Gasteiger partial charge in [-0.15, -0.1) is 0 Å². The van der Waals surface area contributed by atoms with Gasteiger partial charge in [0.05, 0.1) is 25.8 Å². The number of fused-ring (bicyclic) bond motifs is 1. The van der Waals surface area contributed by atoms with E-state index in [0.29, 0.717) is 17.8 Å². The van der Waals surface area contributed by atoms with E-state index in [2.05, 4.69) is 5.32 Å². The molecule has 0 saturated carbocycles. The fourth-order valence-electron chi connectivity index (χ4n) is 3.34. The molecule has 136 valence electrons. The average molecular weight is 354 g/mol. The van der Waals surface area contributed by atoms with Crippen LogP contribution in [0.1, 0.15) is 25.5 Å². The number of carbonyl (C=O) groups is 2. The molecule has 6 nitrogen and oxygen atoms in total. The molecule has 0 saturated heterocycles. The van der Waals surface area contributed by atoms with Gasteiger partial charge in [0.15, 0.2) is 0 Å². The minimum Gasteiger partial charge on any atom is -0.497 e. The van der Waals surface area contributed by atoms with Crippen LogP contribution in [0.2, 0.25) is 0 Å². The Morgan fingerprint density at radius 3 is 2.50 bits per heavy atom. The molecular formula is C20H22N2O4. The van der Waals surface area contributed by atoms with Crippen molar-refractivity contribution in [1.29, 1.82) is 0 Å². The molecule has 3 rings (SSSR count). The minimum absolute atomic E-state index is 0.225. The fourth-order valence-corrected chi connectivity index (χ4v) is 3.34. The third-order valence-electron chi connectivity index (χ3n) is 4.72. The minimum atomic E-state index is -0.552. The molecule has 1 atom stereocenters. The van der Waals surface area contributed by atoms with Crippen LogP contribution in [-0.2, 0) is 9.53 Å². The highest BCUT2D eigenvalue weighted by Gasteiger charge is 2.35. The zero-order valence-corrected chi connectivity index (χ0v) is 15.3. The van der Waals surface area contributed by atoms with Crippen LogP contribution in [0, 0.1) is 0 Å². The van der Waals surface area contributed by atoms with Crippen molar-refractivity contribution in [2.75, 3.05) is 20.8 Å². The largest absolute Gasteiger partial charge is 0.497 e. The highest BCUT2D eigenvalue weighted by molar-refractivity contribution is 5.95. The third-order valence-corrected chi connectivity index (χ3v) is 4.72. The summed E-state index contributed by atoms with van der Waals surface area (Å²) in [6.07, 6.45) is 0. The molecular weight excluding hydrogens is 332 g/mol. The van der Waals surface area contributed by atoms with Gasteiger partial charge in [-0.3, -0.25) is 4.90 Å². The van der Waals surface area contributed by atoms with Crippen molar-refractivity contribution in [2.24, 2.45) is 0 Å². The first kappa shape index (κ1) is 17.8. The van der Waals surface area contributed by atoms with Gasteiger partial charge in [-0.1, -0.05) is 18.2 Å². The molecule has 6 heteroatoms. The summed E-state index contributed by atoms with van der Waals surface area (Å²) in [5, 5.41) is 4.94. The van der Waals surface area contributed by atoms with Crippen LogP contribution < -0.4 is 10.1 Å². The molecule has 1 aliphatic heterocycles. The lowest BCUT2D eigenvalue weighted by Crippen LogP contribution is -2.47. The van der Waals surface area contributed by atoms with Crippen molar-refractivity contribution >= 4 is 22.8 Å². The summed E-state index contributed by atoms with van der Waals surface area (Å²) in [5.41, 5.74) is 1.89. The normalized spacial score (nSPS) is 17.3. The second kappa shape index (κ2) is 7.07. The van der Waals surface area contributed by atoms with Crippen LogP contribution in [-0.4, -0.2) is 37.7 Å². The Bertz CT molecular complexity index is 904. The number of rotatable bonds is 4. The van der Waals surface area contributed by atoms with Crippen LogP contribution in [0.15, 0.2) is 47.7 Å². The summed E-state index contributed by atoms with van der Waals surface area (Å²) in [7, 11) is 2.97. The molecule has 0 spiro atoms. The van der Waals surface area contributed by atoms with Gasteiger partial charge in [0.2, 0.25) is 0 Å². The van der Waals surface area contributed by atoms with Gasteiger partial charge in [-0.05, 0) is 48.4 Å². The SMILES string of the molecule is CCN1C(=O)N[C@H](c2ccc3cc(OC)ccc3c2)C(C(=O)OC)=C1C. The number of allylic oxidation sites excluding steroid dienone is 1. The van der Waals surface area contributed by atoms with E-state index < -0.39 is 12.0 Å². The molecule has 0 radical (unpaired) electrons. The molecule has 2 aromatic carbocycles. The van der Waals surface area contributed by atoms with Gasteiger partial charge >= 0.3 is 12.0 Å². The van der Waals surface area contributed by atoms with Crippen LogP contribution >= 0.6 is 0 Å². The molecule has 1 N–H and O–H groups in total. The van der Waals surface area contributed by atoms with Crippen LogP contribution in [0.4, 0.5) is 4.79 Å². The molecule has 0 aliphatic carbocycles. The van der Waals surface area contributed by atoms with Crippen molar-refractivity contribution < 1.29 is 19.1 Å². The maximum Gasteiger partial charge on any atom is 0.337 e. The smallest absolute Gasteiger partial charge is 0.337 e. The predicted molar refractivity (Wildman–Crippen MR) is 98.9 cm³/mol. The molecule has 26 heavy (non-hydrogen) atoms. The van der Waals surface area contributed by atoms with Crippen molar-refractivity contribution in [3.05, 3.63) is 53.2 Å². The van der Waals surface area contributed by atoms with Crippen LogP contribution in [0.25, 0.3) is 10.8 Å². The van der Waals surface area contributed by atoms with Gasteiger partial charge in [0.25, 0.3) is 0 Å². The summed E-state index contributed by atoms with van der Waals surface area (Å²) >= 11 is 0. The van der Waals surface area contributed by atoms with E-state index in [1.54, 1.807) is 14.0 Å². The lowest BCUT2D eigenvalue weighted by molar-refractivity contribution is -0.136. The Balaban J connectivity index is 2.11. The quantitative estimate of drug-likeness (QED) is 0.855. The number of esters is 1. The zero-order chi connectivity index (χ0) is 18.8. The first-order chi connectivity index (χ1) is 12.5. The highest BCUT2D eigenvalue weighted by Crippen LogP contribution is 2.33. The standard InChI is InChI=1S/C20H22N2O4/c1-5-22-12(2)17(19(23)26-4)18(21-20(22)24)15-7-6-14-11-16(25-3)9-8-13(14)10-15/h6-11,18H,5H2,1-4H3,(H,21,24)/t18-/m1/s1. The number of carbonyl (C=O) groups excluding carboxylic acids is 2. The maximum absolute atomic E-state index is 12.4. The Labute approximate surface area is 152 Å². The van der Waals surface area contributed by atoms with Gasteiger partial charge in [-0.2, -0.15) is 0 Å². The van der Waals surface area contributed by atoms with E-state index in [4.69, 9.17) is 9.47 Å². The number of hydrogen-bond donors (Lipinski definition) is 1. The van der Waals surface area contributed by atoms with E-state index >= 15 is 0 Å². The lowest BCUT2D eigenvalue weighted by Gasteiger charge is -2.34. The second-order valence-electron chi connectivity index (χ2n) is 6.09. The Kier molecular flexibility index (Phi) is 4.84. The van der Waals surface area contributed by atoms with Crippen LogP contribution in [0.5, 0.6) is 5.75 Å². The van der Waals surface area contributed by atoms with Gasteiger partial charge < -0.3 is 14.8 Å². The summed E-state index contributed by atoms with van der Waals surface area (Å²) < 4.78 is 10.2. The lowest BCUT2D eigenvalue weighted by atomic mass is 9.93. The van der Waals surface area contributed by atoms with Crippen molar-refractivity contribution in [2.45, 2.75) is 19.9 Å². The highest BCUT2D eigenvalue weighted by atomic mass is 16.5. The topological polar surface area (TPSA) is 67.9 Å². The molecule has 0 aromatic heterocycles. The number of amides is 2. The summed E-state index contributed by atoms with van der Waals surface area (Å²) in [5.74, 6) is 0.335. The summed E-state index contributed by atoms with van der Waals surface area (Å²) in [6.45, 7) is 4.11. The van der Waals surface area contributed by atoms with E-state index in [0.717, 1.165) is 22.1 Å². The molecule has 2 amide bonds. The van der Waals surface area contributed by atoms with Gasteiger partial charge in [0.1, 0.15) is 5.75 Å². The molecule has 0 fully saturated rings. The number of nitrogens with zero attached hydrogens (tertiary/aromatic N) is 1. The third kappa shape index (κ3) is 2.98. The first-order valence-corrected chi connectivity index (χ1v) is 8.45. The van der Waals surface area contributed by atoms with Gasteiger partial charge in [0, 0.05) is 12.2 Å². The molecule has 1 heterocycles.